The Morgan fingerprint density at radius 2 is 1.89 bits per heavy atom. The molecule has 0 fully saturated rings. The Hall–Kier alpha value is -1.61. The van der Waals surface area contributed by atoms with E-state index in [1.807, 2.05) is 24.4 Å². The molecule has 0 aliphatic carbocycles. The molecule has 0 saturated heterocycles. The van der Waals surface area contributed by atoms with Gasteiger partial charge in [0.05, 0.1) is 11.9 Å². The summed E-state index contributed by atoms with van der Waals surface area (Å²) < 4.78 is 0. The van der Waals surface area contributed by atoms with Gasteiger partial charge in [-0.25, -0.2) is 0 Å². The molecule has 19 heavy (non-hydrogen) atoms. The van der Waals surface area contributed by atoms with Crippen LogP contribution in [0.2, 0.25) is 0 Å². The number of aromatic amines is 1. The molecule has 3 heteroatoms. The minimum Gasteiger partial charge on any atom is -0.310 e. The average Bonchev–Trinajstić information content (AvgIpc) is 2.84. The maximum atomic E-state index is 4.17. The molecule has 0 spiro atoms. The van der Waals surface area contributed by atoms with Crippen molar-refractivity contribution in [2.24, 2.45) is 5.41 Å². The Bertz CT molecular complexity index is 508. The van der Waals surface area contributed by atoms with E-state index in [1.54, 1.807) is 0 Å². The molecule has 3 nitrogen and oxygen atoms in total. The SMILES string of the molecule is CC(NCc1cn[nH]c1-c1ccccc1)C(C)(C)C. The van der Waals surface area contributed by atoms with Crippen molar-refractivity contribution in [1.29, 1.82) is 0 Å². The highest BCUT2D eigenvalue weighted by Gasteiger charge is 2.19. The van der Waals surface area contributed by atoms with Gasteiger partial charge >= 0.3 is 0 Å². The molecular formula is C16H23N3. The van der Waals surface area contributed by atoms with Gasteiger partial charge in [0.25, 0.3) is 0 Å². The first-order valence-electron chi connectivity index (χ1n) is 6.79. The van der Waals surface area contributed by atoms with E-state index < -0.39 is 0 Å². The van der Waals surface area contributed by atoms with E-state index in [9.17, 15) is 0 Å². The number of nitrogens with one attached hydrogen (secondary N) is 2. The van der Waals surface area contributed by atoms with Crippen LogP contribution < -0.4 is 5.32 Å². The standard InChI is InChI=1S/C16H23N3/c1-12(16(2,3)4)17-10-14-11-18-19-15(14)13-8-6-5-7-9-13/h5-9,11-12,17H,10H2,1-4H3,(H,18,19). The number of aromatic nitrogens is 2. The number of H-pyrrole nitrogens is 1. The molecule has 1 aromatic carbocycles. The normalized spacial score (nSPS) is 13.5. The van der Waals surface area contributed by atoms with Gasteiger partial charge in [-0.15, -0.1) is 0 Å². The second kappa shape index (κ2) is 5.57. The zero-order valence-electron chi connectivity index (χ0n) is 12.2. The lowest BCUT2D eigenvalue weighted by molar-refractivity contribution is 0.285. The Kier molecular flexibility index (Phi) is 4.05. The third kappa shape index (κ3) is 3.44. The van der Waals surface area contributed by atoms with Crippen LogP contribution in [0, 0.1) is 5.41 Å². The van der Waals surface area contributed by atoms with E-state index in [-0.39, 0.29) is 5.41 Å². The lowest BCUT2D eigenvalue weighted by Gasteiger charge is -2.28. The van der Waals surface area contributed by atoms with E-state index in [0.717, 1.165) is 12.2 Å². The molecule has 1 unspecified atom stereocenters. The first-order valence-corrected chi connectivity index (χ1v) is 6.79. The van der Waals surface area contributed by atoms with Gasteiger partial charge in [-0.2, -0.15) is 5.10 Å². The van der Waals surface area contributed by atoms with Crippen molar-refractivity contribution in [1.82, 2.24) is 15.5 Å². The van der Waals surface area contributed by atoms with Crippen LogP contribution in [0.3, 0.4) is 0 Å². The monoisotopic (exact) mass is 257 g/mol. The zero-order chi connectivity index (χ0) is 13.9. The third-order valence-corrected chi connectivity index (χ3v) is 3.68. The van der Waals surface area contributed by atoms with E-state index in [1.165, 1.54) is 11.1 Å². The summed E-state index contributed by atoms with van der Waals surface area (Å²) in [5.41, 5.74) is 3.76. The largest absolute Gasteiger partial charge is 0.310 e. The van der Waals surface area contributed by atoms with Crippen LogP contribution in [-0.2, 0) is 6.54 Å². The van der Waals surface area contributed by atoms with Gasteiger partial charge in [0.1, 0.15) is 0 Å². The minimum absolute atomic E-state index is 0.261. The van der Waals surface area contributed by atoms with Gasteiger partial charge in [0.2, 0.25) is 0 Å². The summed E-state index contributed by atoms with van der Waals surface area (Å²) in [6.45, 7) is 9.80. The Morgan fingerprint density at radius 1 is 1.21 bits per heavy atom. The molecular weight excluding hydrogens is 234 g/mol. The number of rotatable bonds is 4. The number of nitrogens with zero attached hydrogens (tertiary/aromatic N) is 1. The fraction of sp³-hybridized carbons (Fsp3) is 0.438. The van der Waals surface area contributed by atoms with Crippen molar-refractivity contribution in [2.75, 3.05) is 0 Å². The van der Waals surface area contributed by atoms with Crippen molar-refractivity contribution in [3.63, 3.8) is 0 Å². The Labute approximate surface area is 115 Å². The van der Waals surface area contributed by atoms with Crippen LogP contribution >= 0.6 is 0 Å². The highest BCUT2D eigenvalue weighted by atomic mass is 15.1. The van der Waals surface area contributed by atoms with Crippen molar-refractivity contribution in [3.05, 3.63) is 42.1 Å². The molecule has 0 amide bonds. The molecule has 0 saturated carbocycles. The van der Waals surface area contributed by atoms with Crippen LogP contribution in [0.4, 0.5) is 0 Å². The molecule has 1 heterocycles. The Morgan fingerprint density at radius 3 is 2.53 bits per heavy atom. The first-order chi connectivity index (χ1) is 8.98. The molecule has 2 aromatic rings. The van der Waals surface area contributed by atoms with Gasteiger partial charge in [-0.05, 0) is 17.9 Å². The highest BCUT2D eigenvalue weighted by Crippen LogP contribution is 2.22. The molecule has 0 aliphatic rings. The van der Waals surface area contributed by atoms with Crippen LogP contribution in [-0.4, -0.2) is 16.2 Å². The molecule has 2 N–H and O–H groups in total. The van der Waals surface area contributed by atoms with E-state index in [2.05, 4.69) is 55.3 Å². The summed E-state index contributed by atoms with van der Waals surface area (Å²) in [6.07, 6.45) is 1.91. The van der Waals surface area contributed by atoms with E-state index >= 15 is 0 Å². The fourth-order valence-corrected chi connectivity index (χ4v) is 1.87. The van der Waals surface area contributed by atoms with E-state index in [0.29, 0.717) is 6.04 Å². The van der Waals surface area contributed by atoms with E-state index in [4.69, 9.17) is 0 Å². The molecule has 0 aliphatic heterocycles. The Balaban J connectivity index is 2.09. The second-order valence-electron chi connectivity index (χ2n) is 6.10. The third-order valence-electron chi connectivity index (χ3n) is 3.68. The van der Waals surface area contributed by atoms with Crippen molar-refractivity contribution >= 4 is 0 Å². The van der Waals surface area contributed by atoms with Gasteiger partial charge in [0.15, 0.2) is 0 Å². The number of hydrogen-bond acceptors (Lipinski definition) is 2. The molecule has 0 bridgehead atoms. The summed E-state index contributed by atoms with van der Waals surface area (Å²) in [5.74, 6) is 0. The quantitative estimate of drug-likeness (QED) is 0.878. The van der Waals surface area contributed by atoms with Crippen LogP contribution in [0.5, 0.6) is 0 Å². The van der Waals surface area contributed by atoms with Gasteiger partial charge in [-0.1, -0.05) is 51.1 Å². The summed E-state index contributed by atoms with van der Waals surface area (Å²) in [4.78, 5) is 0. The smallest absolute Gasteiger partial charge is 0.0695 e. The summed E-state index contributed by atoms with van der Waals surface area (Å²) in [7, 11) is 0. The lowest BCUT2D eigenvalue weighted by Crippen LogP contribution is -2.37. The maximum absolute atomic E-state index is 4.17. The maximum Gasteiger partial charge on any atom is 0.0695 e. The molecule has 0 radical (unpaired) electrons. The van der Waals surface area contributed by atoms with Gasteiger partial charge in [0, 0.05) is 18.2 Å². The second-order valence-corrected chi connectivity index (χ2v) is 6.10. The van der Waals surface area contributed by atoms with Crippen LogP contribution in [0.25, 0.3) is 11.3 Å². The molecule has 1 aromatic heterocycles. The number of benzene rings is 1. The topological polar surface area (TPSA) is 40.7 Å². The highest BCUT2D eigenvalue weighted by molar-refractivity contribution is 5.62. The molecule has 102 valence electrons. The van der Waals surface area contributed by atoms with Crippen molar-refractivity contribution in [3.8, 4) is 11.3 Å². The summed E-state index contributed by atoms with van der Waals surface area (Å²) in [6, 6.07) is 10.8. The van der Waals surface area contributed by atoms with Crippen molar-refractivity contribution in [2.45, 2.75) is 40.3 Å². The van der Waals surface area contributed by atoms with Crippen LogP contribution in [0.15, 0.2) is 36.5 Å². The summed E-state index contributed by atoms with van der Waals surface area (Å²) in [5, 5.41) is 10.8. The zero-order valence-corrected chi connectivity index (χ0v) is 12.2. The molecule has 1 atom stereocenters. The minimum atomic E-state index is 0.261. The van der Waals surface area contributed by atoms with Gasteiger partial charge in [-0.3, -0.25) is 5.10 Å². The lowest BCUT2D eigenvalue weighted by atomic mass is 9.88. The van der Waals surface area contributed by atoms with Crippen LogP contribution in [0.1, 0.15) is 33.3 Å². The van der Waals surface area contributed by atoms with Crippen molar-refractivity contribution < 1.29 is 0 Å². The predicted molar refractivity (Wildman–Crippen MR) is 79.8 cm³/mol. The average molecular weight is 257 g/mol. The fourth-order valence-electron chi connectivity index (χ4n) is 1.87. The van der Waals surface area contributed by atoms with Gasteiger partial charge < -0.3 is 5.32 Å². The first kappa shape index (κ1) is 13.8. The number of hydrogen-bond donors (Lipinski definition) is 2. The molecule has 2 rings (SSSR count). The predicted octanol–water partition coefficient (Wildman–Crippen LogP) is 3.60. The summed E-state index contributed by atoms with van der Waals surface area (Å²) >= 11 is 0.